The van der Waals surface area contributed by atoms with Crippen LogP contribution in [0.25, 0.3) is 0 Å². The third kappa shape index (κ3) is 3.86. The molecule has 1 aromatic rings. The van der Waals surface area contributed by atoms with E-state index < -0.39 is 0 Å². The van der Waals surface area contributed by atoms with E-state index >= 15 is 0 Å². The van der Waals surface area contributed by atoms with E-state index in [4.69, 9.17) is 4.74 Å². The molecular weight excluding hydrogens is 252 g/mol. The van der Waals surface area contributed by atoms with E-state index in [0.29, 0.717) is 10.7 Å². The van der Waals surface area contributed by atoms with Crippen LogP contribution >= 0.6 is 15.9 Å². The van der Waals surface area contributed by atoms with E-state index in [1.807, 2.05) is 6.07 Å². The molecule has 0 bridgehead atoms. The van der Waals surface area contributed by atoms with Crippen LogP contribution < -0.4 is 4.74 Å². The van der Waals surface area contributed by atoms with Crippen molar-refractivity contribution in [2.24, 2.45) is 5.92 Å². The topological polar surface area (TPSA) is 9.23 Å². The van der Waals surface area contributed by atoms with Gasteiger partial charge in [0, 0.05) is 4.83 Å². The maximum absolute atomic E-state index is 5.22. The zero-order valence-electron chi connectivity index (χ0n) is 9.66. The van der Waals surface area contributed by atoms with E-state index in [9.17, 15) is 0 Å². The lowest BCUT2D eigenvalue weighted by Crippen LogP contribution is -2.12. The van der Waals surface area contributed by atoms with Crippen LogP contribution in [0.3, 0.4) is 0 Å². The molecule has 2 heteroatoms. The van der Waals surface area contributed by atoms with Crippen LogP contribution in [0.5, 0.6) is 5.75 Å². The summed E-state index contributed by atoms with van der Waals surface area (Å²) in [4.78, 5) is 0.564. The van der Waals surface area contributed by atoms with Crippen molar-refractivity contribution in [1.29, 1.82) is 0 Å². The molecule has 1 aromatic carbocycles. The smallest absolute Gasteiger partial charge is 0.119 e. The number of halogens is 1. The number of methoxy groups -OCH3 is 1. The molecule has 0 aliphatic rings. The first-order valence-electron chi connectivity index (χ1n) is 5.44. The zero-order chi connectivity index (χ0) is 11.3. The van der Waals surface area contributed by atoms with E-state index in [2.05, 4.69) is 48.0 Å². The minimum atomic E-state index is 0.564. The summed E-state index contributed by atoms with van der Waals surface area (Å²) >= 11 is 3.66. The average molecular weight is 271 g/mol. The molecule has 84 valence electrons. The number of hydrogen-bond donors (Lipinski definition) is 0. The minimum Gasteiger partial charge on any atom is -0.497 e. The number of hydrogen-bond acceptors (Lipinski definition) is 1. The number of ether oxygens (including phenoxy) is 1. The van der Waals surface area contributed by atoms with E-state index in [1.54, 1.807) is 7.11 Å². The largest absolute Gasteiger partial charge is 0.497 e. The second-order valence-electron chi connectivity index (χ2n) is 3.90. The quantitative estimate of drug-likeness (QED) is 0.734. The summed E-state index contributed by atoms with van der Waals surface area (Å²) in [6.45, 7) is 4.46. The Morgan fingerprint density at radius 3 is 2.67 bits per heavy atom. The van der Waals surface area contributed by atoms with Gasteiger partial charge in [-0.15, -0.1) is 0 Å². The molecule has 0 aliphatic heterocycles. The van der Waals surface area contributed by atoms with Gasteiger partial charge in [-0.05, 0) is 30.0 Å². The highest BCUT2D eigenvalue weighted by Crippen LogP contribution is 2.23. The molecule has 2 unspecified atom stereocenters. The lowest BCUT2D eigenvalue weighted by molar-refractivity contribution is 0.413. The lowest BCUT2D eigenvalue weighted by atomic mass is 9.94. The maximum atomic E-state index is 5.22. The second-order valence-corrected chi connectivity index (χ2v) is 5.35. The van der Waals surface area contributed by atoms with Gasteiger partial charge in [-0.2, -0.15) is 0 Å². The highest BCUT2D eigenvalue weighted by atomic mass is 79.9. The highest BCUT2D eigenvalue weighted by molar-refractivity contribution is 9.09. The fourth-order valence-electron chi connectivity index (χ4n) is 1.73. The number of alkyl halides is 1. The van der Waals surface area contributed by atoms with Gasteiger partial charge in [-0.3, -0.25) is 0 Å². The van der Waals surface area contributed by atoms with Crippen LogP contribution in [0.1, 0.15) is 25.8 Å². The summed E-state index contributed by atoms with van der Waals surface area (Å²) in [7, 11) is 1.71. The van der Waals surface area contributed by atoms with Crippen molar-refractivity contribution in [1.82, 2.24) is 0 Å². The predicted molar refractivity (Wildman–Crippen MR) is 68.9 cm³/mol. The van der Waals surface area contributed by atoms with Gasteiger partial charge in [0.15, 0.2) is 0 Å². The van der Waals surface area contributed by atoms with Crippen molar-refractivity contribution in [2.75, 3.05) is 7.11 Å². The zero-order valence-corrected chi connectivity index (χ0v) is 11.3. The Morgan fingerprint density at radius 2 is 2.13 bits per heavy atom. The number of benzene rings is 1. The van der Waals surface area contributed by atoms with Gasteiger partial charge in [-0.1, -0.05) is 48.3 Å². The fourth-order valence-corrected chi connectivity index (χ4v) is 2.29. The molecule has 0 fully saturated rings. The van der Waals surface area contributed by atoms with Gasteiger partial charge in [-0.25, -0.2) is 0 Å². The standard InChI is InChI=1S/C13H19BrO/c1-4-12(10(2)14)8-11-6-5-7-13(9-11)15-3/h5-7,9-10,12H,4,8H2,1-3H3. The molecule has 2 atom stereocenters. The molecular formula is C13H19BrO. The lowest BCUT2D eigenvalue weighted by Gasteiger charge is -2.17. The van der Waals surface area contributed by atoms with Crippen molar-refractivity contribution < 1.29 is 4.74 Å². The van der Waals surface area contributed by atoms with Crippen molar-refractivity contribution in [3.8, 4) is 5.75 Å². The first kappa shape index (κ1) is 12.6. The first-order valence-corrected chi connectivity index (χ1v) is 6.36. The average Bonchev–Trinajstić information content (AvgIpc) is 2.25. The highest BCUT2D eigenvalue weighted by Gasteiger charge is 2.13. The maximum Gasteiger partial charge on any atom is 0.119 e. The molecule has 0 amide bonds. The summed E-state index contributed by atoms with van der Waals surface area (Å²) in [5.74, 6) is 1.64. The van der Waals surface area contributed by atoms with Crippen molar-refractivity contribution in [3.05, 3.63) is 29.8 Å². The molecule has 1 rings (SSSR count). The second kappa shape index (κ2) is 6.16. The van der Waals surface area contributed by atoms with Crippen molar-refractivity contribution in [2.45, 2.75) is 31.5 Å². The van der Waals surface area contributed by atoms with Gasteiger partial charge < -0.3 is 4.74 Å². The van der Waals surface area contributed by atoms with Crippen molar-refractivity contribution in [3.63, 3.8) is 0 Å². The Hall–Kier alpha value is -0.500. The summed E-state index contributed by atoms with van der Waals surface area (Å²) in [5, 5.41) is 0. The predicted octanol–water partition coefficient (Wildman–Crippen LogP) is 4.05. The fraction of sp³-hybridized carbons (Fsp3) is 0.538. The summed E-state index contributed by atoms with van der Waals surface area (Å²) < 4.78 is 5.22. The molecule has 0 aliphatic carbocycles. The van der Waals surface area contributed by atoms with E-state index in [-0.39, 0.29) is 0 Å². The molecule has 0 heterocycles. The van der Waals surface area contributed by atoms with Crippen LogP contribution in [0.15, 0.2) is 24.3 Å². The van der Waals surface area contributed by atoms with E-state index in [1.165, 1.54) is 12.0 Å². The van der Waals surface area contributed by atoms with Crippen LogP contribution in [-0.2, 0) is 6.42 Å². The molecule has 0 N–H and O–H groups in total. The van der Waals surface area contributed by atoms with Crippen LogP contribution in [0.4, 0.5) is 0 Å². The monoisotopic (exact) mass is 270 g/mol. The summed E-state index contributed by atoms with van der Waals surface area (Å²) in [5.41, 5.74) is 1.35. The molecule has 0 spiro atoms. The Morgan fingerprint density at radius 1 is 1.40 bits per heavy atom. The Kier molecular flexibility index (Phi) is 5.16. The van der Waals surface area contributed by atoms with Crippen LogP contribution in [-0.4, -0.2) is 11.9 Å². The van der Waals surface area contributed by atoms with E-state index in [0.717, 1.165) is 12.2 Å². The van der Waals surface area contributed by atoms with Gasteiger partial charge in [0.1, 0.15) is 5.75 Å². The summed E-state index contributed by atoms with van der Waals surface area (Å²) in [6.07, 6.45) is 2.31. The minimum absolute atomic E-state index is 0.564. The third-order valence-corrected chi connectivity index (χ3v) is 3.55. The molecule has 15 heavy (non-hydrogen) atoms. The third-order valence-electron chi connectivity index (χ3n) is 2.81. The van der Waals surface area contributed by atoms with Crippen LogP contribution in [0, 0.1) is 5.92 Å². The Balaban J connectivity index is 2.70. The molecule has 0 aromatic heterocycles. The van der Waals surface area contributed by atoms with Crippen LogP contribution in [0.2, 0.25) is 0 Å². The Labute approximate surface area is 101 Å². The number of rotatable bonds is 5. The summed E-state index contributed by atoms with van der Waals surface area (Å²) in [6, 6.07) is 8.33. The molecule has 0 saturated heterocycles. The normalized spacial score (nSPS) is 14.7. The van der Waals surface area contributed by atoms with Crippen molar-refractivity contribution >= 4 is 15.9 Å². The Bertz CT molecular complexity index is 296. The van der Waals surface area contributed by atoms with Gasteiger partial charge in [0.2, 0.25) is 0 Å². The molecule has 0 saturated carbocycles. The molecule has 0 radical (unpaired) electrons. The van der Waals surface area contributed by atoms with Gasteiger partial charge in [0.25, 0.3) is 0 Å². The first-order chi connectivity index (χ1) is 7.17. The SMILES string of the molecule is CCC(Cc1cccc(OC)c1)C(C)Br. The van der Waals surface area contributed by atoms with Gasteiger partial charge >= 0.3 is 0 Å². The molecule has 1 nitrogen and oxygen atoms in total. The van der Waals surface area contributed by atoms with Gasteiger partial charge in [0.05, 0.1) is 7.11 Å².